The summed E-state index contributed by atoms with van der Waals surface area (Å²) in [6, 6.07) is 0. The van der Waals surface area contributed by atoms with Crippen molar-refractivity contribution in [2.75, 3.05) is 13.7 Å². The van der Waals surface area contributed by atoms with Crippen molar-refractivity contribution in [3.05, 3.63) is 0 Å². The van der Waals surface area contributed by atoms with E-state index in [9.17, 15) is 0 Å². The van der Waals surface area contributed by atoms with E-state index in [0.717, 1.165) is 0 Å². The number of hydrogen-bond acceptors (Lipinski definition) is 3. The molecule has 3 heteroatoms. The molecule has 0 aromatic carbocycles. The Hall–Kier alpha value is -0.120. The van der Waals surface area contributed by atoms with E-state index in [0.29, 0.717) is 5.92 Å². The highest BCUT2D eigenvalue weighted by molar-refractivity contribution is 4.86. The maximum absolute atomic E-state index is 8.90. The largest absolute Gasteiger partial charge is 0.394 e. The van der Waals surface area contributed by atoms with Gasteiger partial charge in [-0.05, 0) is 6.92 Å². The van der Waals surface area contributed by atoms with E-state index < -0.39 is 0 Å². The van der Waals surface area contributed by atoms with E-state index in [1.165, 1.54) is 0 Å². The molecular weight excluding hydrogens is 144 g/mol. The molecule has 1 unspecified atom stereocenters. The maximum Gasteiger partial charge on any atom is 0.107 e. The molecule has 0 radical (unpaired) electrons. The van der Waals surface area contributed by atoms with Gasteiger partial charge < -0.3 is 14.6 Å². The quantitative estimate of drug-likeness (QED) is 0.636. The first-order valence-electron chi connectivity index (χ1n) is 3.99. The molecular formula is C8H16O3. The third-order valence-electron chi connectivity index (χ3n) is 2.47. The first-order valence-corrected chi connectivity index (χ1v) is 3.99. The van der Waals surface area contributed by atoms with Gasteiger partial charge in [0, 0.05) is 13.0 Å². The molecule has 0 spiro atoms. The van der Waals surface area contributed by atoms with Gasteiger partial charge in [0.1, 0.15) is 6.10 Å². The van der Waals surface area contributed by atoms with E-state index in [1.54, 1.807) is 7.11 Å². The zero-order valence-corrected chi connectivity index (χ0v) is 7.28. The van der Waals surface area contributed by atoms with Crippen LogP contribution in [-0.4, -0.2) is 37.1 Å². The van der Waals surface area contributed by atoms with Crippen molar-refractivity contribution < 1.29 is 14.6 Å². The average Bonchev–Trinajstić information content (AvgIpc) is 2.28. The van der Waals surface area contributed by atoms with Gasteiger partial charge in [0.05, 0.1) is 18.8 Å². The molecule has 1 rings (SSSR count). The first kappa shape index (κ1) is 8.97. The average molecular weight is 160 g/mol. The summed E-state index contributed by atoms with van der Waals surface area (Å²) in [7, 11) is 1.66. The predicted molar refractivity (Wildman–Crippen MR) is 41.4 cm³/mol. The number of methoxy groups -OCH3 is 1. The molecule has 1 fully saturated rings. The van der Waals surface area contributed by atoms with E-state index in [4.69, 9.17) is 14.6 Å². The van der Waals surface area contributed by atoms with Gasteiger partial charge in [0.2, 0.25) is 0 Å². The fraction of sp³-hybridized carbons (Fsp3) is 1.00. The topological polar surface area (TPSA) is 38.7 Å². The summed E-state index contributed by atoms with van der Waals surface area (Å²) >= 11 is 0. The van der Waals surface area contributed by atoms with Crippen molar-refractivity contribution in [1.82, 2.24) is 0 Å². The standard InChI is InChI=1S/C8H16O3/c1-5-6(2)11-7(4-9)8(5)10-3/h5-9H,4H2,1-3H3/t5?,6-,7+,8+/m0/s1. The Morgan fingerprint density at radius 3 is 2.45 bits per heavy atom. The Kier molecular flexibility index (Phi) is 2.87. The van der Waals surface area contributed by atoms with Gasteiger partial charge in [0.25, 0.3) is 0 Å². The van der Waals surface area contributed by atoms with Crippen molar-refractivity contribution >= 4 is 0 Å². The lowest BCUT2D eigenvalue weighted by atomic mass is 9.99. The van der Waals surface area contributed by atoms with Gasteiger partial charge in [-0.3, -0.25) is 0 Å². The summed E-state index contributed by atoms with van der Waals surface area (Å²) in [6.45, 7) is 4.13. The number of aliphatic hydroxyl groups is 1. The molecule has 0 aromatic rings. The third-order valence-corrected chi connectivity index (χ3v) is 2.47. The van der Waals surface area contributed by atoms with Crippen molar-refractivity contribution in [2.45, 2.75) is 32.2 Å². The van der Waals surface area contributed by atoms with Crippen LogP contribution in [0.3, 0.4) is 0 Å². The highest BCUT2D eigenvalue weighted by Crippen LogP contribution is 2.27. The highest BCUT2D eigenvalue weighted by Gasteiger charge is 2.39. The maximum atomic E-state index is 8.90. The molecule has 1 aliphatic rings. The van der Waals surface area contributed by atoms with Crippen LogP contribution < -0.4 is 0 Å². The summed E-state index contributed by atoms with van der Waals surface area (Å²) < 4.78 is 10.7. The highest BCUT2D eigenvalue weighted by atomic mass is 16.6. The molecule has 0 aliphatic carbocycles. The lowest BCUT2D eigenvalue weighted by Crippen LogP contribution is -2.30. The van der Waals surface area contributed by atoms with Gasteiger partial charge in [-0.1, -0.05) is 6.92 Å². The van der Waals surface area contributed by atoms with Crippen LogP contribution in [0.2, 0.25) is 0 Å². The molecule has 0 aromatic heterocycles. The van der Waals surface area contributed by atoms with Crippen molar-refractivity contribution in [3.8, 4) is 0 Å². The predicted octanol–water partition coefficient (Wildman–Crippen LogP) is 0.417. The number of rotatable bonds is 2. The molecule has 66 valence electrons. The van der Waals surface area contributed by atoms with Crippen LogP contribution in [0.5, 0.6) is 0 Å². The molecule has 1 heterocycles. The van der Waals surface area contributed by atoms with Crippen LogP contribution in [-0.2, 0) is 9.47 Å². The second kappa shape index (κ2) is 3.52. The summed E-state index contributed by atoms with van der Waals surface area (Å²) in [5.41, 5.74) is 0. The Bertz CT molecular complexity index is 127. The molecule has 1 N–H and O–H groups in total. The minimum atomic E-state index is -0.134. The third kappa shape index (κ3) is 1.55. The zero-order chi connectivity index (χ0) is 8.43. The lowest BCUT2D eigenvalue weighted by molar-refractivity contribution is -0.0309. The van der Waals surface area contributed by atoms with Gasteiger partial charge in [-0.2, -0.15) is 0 Å². The van der Waals surface area contributed by atoms with Gasteiger partial charge >= 0.3 is 0 Å². The van der Waals surface area contributed by atoms with Gasteiger partial charge in [-0.15, -0.1) is 0 Å². The zero-order valence-electron chi connectivity index (χ0n) is 7.28. The van der Waals surface area contributed by atoms with Crippen LogP contribution in [0.4, 0.5) is 0 Å². The van der Waals surface area contributed by atoms with Crippen molar-refractivity contribution in [2.24, 2.45) is 5.92 Å². The summed E-state index contributed by atoms with van der Waals surface area (Å²) in [6.07, 6.45) is 0.108. The molecule has 0 saturated carbocycles. The summed E-state index contributed by atoms with van der Waals surface area (Å²) in [5.74, 6) is 0.372. The number of aliphatic hydroxyl groups excluding tert-OH is 1. The summed E-state index contributed by atoms with van der Waals surface area (Å²) in [4.78, 5) is 0. The van der Waals surface area contributed by atoms with Crippen LogP contribution in [0, 0.1) is 5.92 Å². The Morgan fingerprint density at radius 1 is 1.45 bits per heavy atom. The molecule has 11 heavy (non-hydrogen) atoms. The minimum absolute atomic E-state index is 0.0488. The smallest absolute Gasteiger partial charge is 0.107 e. The number of ether oxygens (including phenoxy) is 2. The normalized spacial score (nSPS) is 44.7. The van der Waals surface area contributed by atoms with E-state index >= 15 is 0 Å². The molecule has 4 atom stereocenters. The molecule has 1 aliphatic heterocycles. The van der Waals surface area contributed by atoms with Gasteiger partial charge in [0.15, 0.2) is 0 Å². The van der Waals surface area contributed by atoms with Crippen LogP contribution in [0.1, 0.15) is 13.8 Å². The Labute approximate surface area is 67.3 Å². The second-order valence-corrected chi connectivity index (χ2v) is 3.12. The molecule has 0 bridgehead atoms. The van der Waals surface area contributed by atoms with E-state index in [2.05, 4.69) is 6.92 Å². The van der Waals surface area contributed by atoms with Crippen LogP contribution in [0.15, 0.2) is 0 Å². The van der Waals surface area contributed by atoms with Crippen LogP contribution in [0.25, 0.3) is 0 Å². The fourth-order valence-corrected chi connectivity index (χ4v) is 1.60. The number of hydrogen-bond donors (Lipinski definition) is 1. The van der Waals surface area contributed by atoms with Crippen LogP contribution >= 0.6 is 0 Å². The van der Waals surface area contributed by atoms with Crippen molar-refractivity contribution in [1.29, 1.82) is 0 Å². The first-order chi connectivity index (χ1) is 5.20. The molecule has 3 nitrogen and oxygen atoms in total. The fourth-order valence-electron chi connectivity index (χ4n) is 1.60. The van der Waals surface area contributed by atoms with E-state index in [1.807, 2.05) is 6.92 Å². The summed E-state index contributed by atoms with van der Waals surface area (Å²) in [5, 5.41) is 8.90. The molecule has 0 amide bonds. The Morgan fingerprint density at radius 2 is 2.09 bits per heavy atom. The Balaban J connectivity index is 2.57. The van der Waals surface area contributed by atoms with E-state index in [-0.39, 0.29) is 24.9 Å². The van der Waals surface area contributed by atoms with Crippen molar-refractivity contribution in [3.63, 3.8) is 0 Å². The second-order valence-electron chi connectivity index (χ2n) is 3.12. The SMILES string of the molecule is CO[C@@H]1C(C)[C@H](C)O[C@@H]1CO. The monoisotopic (exact) mass is 160 g/mol. The van der Waals surface area contributed by atoms with Gasteiger partial charge in [-0.25, -0.2) is 0 Å². The lowest BCUT2D eigenvalue weighted by Gasteiger charge is -2.16. The molecule has 1 saturated heterocycles. The minimum Gasteiger partial charge on any atom is -0.394 e.